The van der Waals surface area contributed by atoms with Crippen LogP contribution in [0, 0.1) is 63.6 Å². The predicted molar refractivity (Wildman–Crippen MR) is 135 cm³/mol. The van der Waals surface area contributed by atoms with E-state index in [9.17, 15) is 20.4 Å². The Morgan fingerprint density at radius 2 is 1.71 bits per heavy atom. The van der Waals surface area contributed by atoms with Crippen LogP contribution in [0.1, 0.15) is 86.5 Å². The van der Waals surface area contributed by atoms with Crippen molar-refractivity contribution in [2.75, 3.05) is 6.61 Å². The third kappa shape index (κ3) is 3.30. The zero-order valence-electron chi connectivity index (χ0n) is 22.4. The molecule has 13 atom stereocenters. The summed E-state index contributed by atoms with van der Waals surface area (Å²) in [4.78, 5) is 0. The normalized spacial score (nSPS) is 54.0. The van der Waals surface area contributed by atoms with E-state index in [4.69, 9.17) is 0 Å². The molecule has 0 aliphatic heterocycles. The second-order valence-corrected chi connectivity index (χ2v) is 14.2. The lowest BCUT2D eigenvalue weighted by Crippen LogP contribution is -2.61. The molecule has 4 saturated carbocycles. The maximum absolute atomic E-state index is 11.7. The zero-order chi connectivity index (χ0) is 24.8. The van der Waals surface area contributed by atoms with Gasteiger partial charge in [-0.2, -0.15) is 0 Å². The molecule has 0 aromatic heterocycles. The van der Waals surface area contributed by atoms with E-state index in [-0.39, 0.29) is 17.9 Å². The Balaban J connectivity index is 1.44. The zero-order valence-corrected chi connectivity index (χ0v) is 22.4. The van der Waals surface area contributed by atoms with Gasteiger partial charge in [-0.25, -0.2) is 0 Å². The average molecular weight is 475 g/mol. The Morgan fingerprint density at radius 3 is 2.35 bits per heavy atom. The fourth-order valence-electron chi connectivity index (χ4n) is 10.5. The van der Waals surface area contributed by atoms with Gasteiger partial charge in [0.15, 0.2) is 0 Å². The minimum atomic E-state index is -0.618. The number of hydrogen-bond donors (Lipinski definition) is 4. The van der Waals surface area contributed by atoms with E-state index in [1.165, 1.54) is 6.42 Å². The Hall–Kier alpha value is -0.420. The van der Waals surface area contributed by atoms with Crippen molar-refractivity contribution in [1.29, 1.82) is 0 Å². The molecule has 0 aromatic rings. The van der Waals surface area contributed by atoms with Crippen LogP contribution in [0.4, 0.5) is 0 Å². The van der Waals surface area contributed by atoms with Crippen LogP contribution < -0.4 is 0 Å². The number of allylic oxidation sites excluding steroid dienone is 1. The van der Waals surface area contributed by atoms with E-state index in [0.29, 0.717) is 66.1 Å². The molecular formula is C30H50O4. The number of aliphatic hydroxyl groups is 4. The molecule has 0 amide bonds. The van der Waals surface area contributed by atoms with Crippen LogP contribution >= 0.6 is 0 Å². The minimum Gasteiger partial charge on any atom is -0.396 e. The molecular weight excluding hydrogens is 424 g/mol. The molecule has 0 heterocycles. The topological polar surface area (TPSA) is 80.9 Å². The first kappa shape index (κ1) is 25.2. The van der Waals surface area contributed by atoms with Crippen molar-refractivity contribution in [3.8, 4) is 0 Å². The second-order valence-electron chi connectivity index (χ2n) is 14.2. The fourth-order valence-corrected chi connectivity index (χ4v) is 10.5. The van der Waals surface area contributed by atoms with E-state index in [1.54, 1.807) is 0 Å². The maximum atomic E-state index is 11.7. The molecule has 5 aliphatic carbocycles. The van der Waals surface area contributed by atoms with Gasteiger partial charge in [0, 0.05) is 23.9 Å². The van der Waals surface area contributed by atoms with Crippen molar-refractivity contribution in [2.24, 2.45) is 63.6 Å². The van der Waals surface area contributed by atoms with E-state index in [2.05, 4.69) is 47.6 Å². The maximum Gasteiger partial charge on any atom is 0.0659 e. The van der Waals surface area contributed by atoms with E-state index in [0.717, 1.165) is 24.8 Å². The summed E-state index contributed by atoms with van der Waals surface area (Å²) in [6, 6.07) is 0. The van der Waals surface area contributed by atoms with Crippen LogP contribution in [0.2, 0.25) is 0 Å². The summed E-state index contributed by atoms with van der Waals surface area (Å²) in [7, 11) is 0. The van der Waals surface area contributed by atoms with Crippen LogP contribution in [0.15, 0.2) is 11.6 Å². The van der Waals surface area contributed by atoms with Crippen molar-refractivity contribution >= 4 is 0 Å². The summed E-state index contributed by atoms with van der Waals surface area (Å²) in [6.07, 6.45) is 6.82. The summed E-state index contributed by atoms with van der Waals surface area (Å²) in [5, 5.41) is 44.2. The highest BCUT2D eigenvalue weighted by atomic mass is 16.3. The SMILES string of the molecule is CC(C)C(C)C1(C)CC1C(C)C1CCC2C3CC=C4CC(O)CC(O)C4(C)C3C(O)CC12CO. The molecule has 4 heteroatoms. The Labute approximate surface area is 207 Å². The van der Waals surface area contributed by atoms with Gasteiger partial charge in [-0.3, -0.25) is 0 Å². The van der Waals surface area contributed by atoms with Gasteiger partial charge >= 0.3 is 0 Å². The fraction of sp³-hybridized carbons (Fsp3) is 0.933. The first-order valence-electron chi connectivity index (χ1n) is 14.3. The van der Waals surface area contributed by atoms with Gasteiger partial charge < -0.3 is 20.4 Å². The number of fused-ring (bicyclic) bond motifs is 5. The highest BCUT2D eigenvalue weighted by Crippen LogP contribution is 2.71. The predicted octanol–water partition coefficient (Wildman–Crippen LogP) is 4.79. The van der Waals surface area contributed by atoms with Gasteiger partial charge in [-0.15, -0.1) is 0 Å². The molecule has 0 radical (unpaired) electrons. The lowest BCUT2D eigenvalue weighted by Gasteiger charge is -2.61. The number of rotatable bonds is 5. The highest BCUT2D eigenvalue weighted by molar-refractivity contribution is 5.29. The molecule has 0 bridgehead atoms. The summed E-state index contributed by atoms with van der Waals surface area (Å²) < 4.78 is 0. The third-order valence-corrected chi connectivity index (χ3v) is 12.9. The van der Waals surface area contributed by atoms with E-state index >= 15 is 0 Å². The molecule has 5 rings (SSSR count). The van der Waals surface area contributed by atoms with Crippen molar-refractivity contribution in [1.82, 2.24) is 0 Å². The molecule has 4 fully saturated rings. The summed E-state index contributed by atoms with van der Waals surface area (Å²) in [5.41, 5.74) is 0.885. The van der Waals surface area contributed by atoms with Crippen molar-refractivity contribution in [3.05, 3.63) is 11.6 Å². The molecule has 34 heavy (non-hydrogen) atoms. The Morgan fingerprint density at radius 1 is 1.00 bits per heavy atom. The van der Waals surface area contributed by atoms with Gasteiger partial charge in [0.25, 0.3) is 0 Å². The van der Waals surface area contributed by atoms with Crippen LogP contribution in [-0.2, 0) is 0 Å². The highest BCUT2D eigenvalue weighted by Gasteiger charge is 2.67. The summed E-state index contributed by atoms with van der Waals surface area (Å²) in [6.45, 7) is 14.3. The van der Waals surface area contributed by atoms with Crippen LogP contribution in [0.5, 0.6) is 0 Å². The first-order chi connectivity index (χ1) is 15.9. The minimum absolute atomic E-state index is 0.0147. The molecule has 4 nitrogen and oxygen atoms in total. The lowest BCUT2D eigenvalue weighted by atomic mass is 9.45. The van der Waals surface area contributed by atoms with Crippen LogP contribution in [0.3, 0.4) is 0 Å². The van der Waals surface area contributed by atoms with Gasteiger partial charge in [-0.1, -0.05) is 53.2 Å². The Bertz CT molecular complexity index is 823. The molecule has 13 unspecified atom stereocenters. The molecule has 5 aliphatic rings. The van der Waals surface area contributed by atoms with Crippen molar-refractivity contribution in [3.63, 3.8) is 0 Å². The first-order valence-corrected chi connectivity index (χ1v) is 14.3. The van der Waals surface area contributed by atoms with Gasteiger partial charge in [0.05, 0.1) is 18.3 Å². The number of hydrogen-bond acceptors (Lipinski definition) is 4. The molecule has 0 aromatic carbocycles. The standard InChI is InChI=1S/C30H50O4/c1-16(2)18(4)28(5)13-24(28)17(3)22-9-10-23-21-8-7-19-11-20(32)12-26(34)29(19,6)27(21)25(33)14-30(22,23)15-31/h7,16-18,20-27,31-34H,8-15H2,1-6H3. The lowest BCUT2D eigenvalue weighted by molar-refractivity contribution is -0.173. The van der Waals surface area contributed by atoms with Crippen LogP contribution in [-0.4, -0.2) is 45.3 Å². The molecule has 4 N–H and O–H groups in total. The van der Waals surface area contributed by atoms with Crippen LogP contribution in [0.25, 0.3) is 0 Å². The van der Waals surface area contributed by atoms with Gasteiger partial charge in [0.2, 0.25) is 0 Å². The molecule has 194 valence electrons. The largest absolute Gasteiger partial charge is 0.396 e. The monoisotopic (exact) mass is 474 g/mol. The molecule has 0 saturated heterocycles. The van der Waals surface area contributed by atoms with Crippen molar-refractivity contribution in [2.45, 2.75) is 105 Å². The quantitative estimate of drug-likeness (QED) is 0.432. The summed E-state index contributed by atoms with van der Waals surface area (Å²) in [5.74, 6) is 3.84. The molecule has 0 spiro atoms. The third-order valence-electron chi connectivity index (χ3n) is 12.9. The number of aliphatic hydroxyl groups excluding tert-OH is 4. The smallest absolute Gasteiger partial charge is 0.0659 e. The van der Waals surface area contributed by atoms with E-state index < -0.39 is 23.7 Å². The van der Waals surface area contributed by atoms with Gasteiger partial charge in [0.1, 0.15) is 0 Å². The van der Waals surface area contributed by atoms with Gasteiger partial charge in [-0.05, 0) is 91.3 Å². The van der Waals surface area contributed by atoms with E-state index in [1.807, 2.05) is 0 Å². The second kappa shape index (κ2) is 8.30. The Kier molecular flexibility index (Phi) is 6.16. The summed E-state index contributed by atoms with van der Waals surface area (Å²) >= 11 is 0. The average Bonchev–Trinajstić information content (AvgIpc) is 3.33. The van der Waals surface area contributed by atoms with Crippen molar-refractivity contribution < 1.29 is 20.4 Å².